The van der Waals surface area contributed by atoms with Gasteiger partial charge in [-0.15, -0.1) is 0 Å². The van der Waals surface area contributed by atoms with Crippen molar-refractivity contribution in [1.29, 1.82) is 0 Å². The molecule has 1 aliphatic heterocycles. The molecule has 5 heteroatoms. The van der Waals surface area contributed by atoms with Crippen LogP contribution in [0.1, 0.15) is 34.4 Å². The fraction of sp³-hybridized carbons (Fsp3) is 0.450. The van der Waals surface area contributed by atoms with E-state index >= 15 is 0 Å². The van der Waals surface area contributed by atoms with Crippen LogP contribution in [0.15, 0.2) is 34.7 Å². The molecule has 3 rings (SSSR count). The monoisotopic (exact) mass is 341 g/mol. The summed E-state index contributed by atoms with van der Waals surface area (Å²) in [4.78, 5) is 16.6. The van der Waals surface area contributed by atoms with E-state index in [1.54, 1.807) is 6.07 Å². The Morgan fingerprint density at radius 3 is 2.60 bits per heavy atom. The second-order valence-corrected chi connectivity index (χ2v) is 6.61. The first kappa shape index (κ1) is 17.5. The maximum absolute atomic E-state index is 11.8. The van der Waals surface area contributed by atoms with Gasteiger partial charge in [0.2, 0.25) is 0 Å². The van der Waals surface area contributed by atoms with E-state index in [1.165, 1.54) is 16.8 Å². The highest BCUT2D eigenvalue weighted by molar-refractivity contribution is 5.91. The van der Waals surface area contributed by atoms with E-state index in [2.05, 4.69) is 47.2 Å². The van der Waals surface area contributed by atoms with Crippen LogP contribution < -0.4 is 10.2 Å². The first-order chi connectivity index (χ1) is 12.1. The zero-order chi connectivity index (χ0) is 17.8. The third-order valence-electron chi connectivity index (χ3n) is 4.89. The Kier molecular flexibility index (Phi) is 5.43. The number of carbonyl (C=O) groups is 1. The van der Waals surface area contributed by atoms with E-state index in [1.807, 2.05) is 13.0 Å². The summed E-state index contributed by atoms with van der Waals surface area (Å²) in [5, 5.41) is 2.76. The van der Waals surface area contributed by atoms with Crippen molar-refractivity contribution in [2.45, 2.75) is 27.3 Å². The number of rotatable bonds is 5. The largest absolute Gasteiger partial charge is 0.455 e. The van der Waals surface area contributed by atoms with Crippen LogP contribution in [0.4, 0.5) is 5.69 Å². The molecule has 0 aliphatic carbocycles. The minimum Gasteiger partial charge on any atom is -0.455 e. The lowest BCUT2D eigenvalue weighted by Crippen LogP contribution is -2.46. The topological polar surface area (TPSA) is 48.7 Å². The van der Waals surface area contributed by atoms with E-state index < -0.39 is 0 Å². The fourth-order valence-corrected chi connectivity index (χ4v) is 3.28. The highest BCUT2D eigenvalue weighted by atomic mass is 16.4. The number of aryl methyl sites for hydroxylation is 1. The lowest BCUT2D eigenvalue weighted by atomic mass is 10.1. The molecule has 1 aromatic carbocycles. The number of nitrogens with one attached hydrogen (secondary N) is 1. The molecular formula is C20H27N3O2. The van der Waals surface area contributed by atoms with Crippen LogP contribution >= 0.6 is 0 Å². The van der Waals surface area contributed by atoms with Crippen molar-refractivity contribution in [3.63, 3.8) is 0 Å². The van der Waals surface area contributed by atoms with Gasteiger partial charge in [-0.1, -0.05) is 12.1 Å². The minimum atomic E-state index is -0.145. The molecule has 2 heterocycles. The van der Waals surface area contributed by atoms with Crippen LogP contribution in [0.25, 0.3) is 0 Å². The molecule has 1 aromatic heterocycles. The third-order valence-corrected chi connectivity index (χ3v) is 4.89. The van der Waals surface area contributed by atoms with Gasteiger partial charge in [-0.2, -0.15) is 0 Å². The SMILES string of the molecule is CCNC(=O)c1ccc(CN2CCN(c3cccc(C)c3C)CC2)o1. The van der Waals surface area contributed by atoms with Gasteiger partial charge in [0.15, 0.2) is 5.76 Å². The standard InChI is InChI=1S/C20H27N3O2/c1-4-21-20(24)19-9-8-17(25-19)14-22-10-12-23(13-11-22)18-7-5-6-15(2)16(18)3/h5-9H,4,10-14H2,1-3H3,(H,21,24). The van der Waals surface area contributed by atoms with Crippen molar-refractivity contribution < 1.29 is 9.21 Å². The third kappa shape index (κ3) is 4.04. The second-order valence-electron chi connectivity index (χ2n) is 6.61. The Labute approximate surface area is 149 Å². The quantitative estimate of drug-likeness (QED) is 0.908. The summed E-state index contributed by atoms with van der Waals surface area (Å²) in [7, 11) is 0. The molecule has 5 nitrogen and oxygen atoms in total. The van der Waals surface area contributed by atoms with Crippen molar-refractivity contribution in [1.82, 2.24) is 10.2 Å². The molecule has 134 valence electrons. The zero-order valence-electron chi connectivity index (χ0n) is 15.3. The van der Waals surface area contributed by atoms with E-state index in [0.717, 1.165) is 38.5 Å². The van der Waals surface area contributed by atoms with Crippen LogP contribution in [0, 0.1) is 13.8 Å². The fourth-order valence-electron chi connectivity index (χ4n) is 3.28. The van der Waals surface area contributed by atoms with Gasteiger partial charge in [0.05, 0.1) is 6.54 Å². The van der Waals surface area contributed by atoms with Crippen molar-refractivity contribution in [3.8, 4) is 0 Å². The van der Waals surface area contributed by atoms with E-state index in [0.29, 0.717) is 12.3 Å². The van der Waals surface area contributed by atoms with Crippen molar-refractivity contribution in [2.75, 3.05) is 37.6 Å². The molecule has 1 amide bonds. The van der Waals surface area contributed by atoms with Crippen LogP contribution in [0.2, 0.25) is 0 Å². The van der Waals surface area contributed by atoms with Crippen LogP contribution in [0.3, 0.4) is 0 Å². The van der Waals surface area contributed by atoms with E-state index in [-0.39, 0.29) is 5.91 Å². The summed E-state index contributed by atoms with van der Waals surface area (Å²) >= 11 is 0. The lowest BCUT2D eigenvalue weighted by Gasteiger charge is -2.36. The molecule has 0 saturated carbocycles. The summed E-state index contributed by atoms with van der Waals surface area (Å²) in [6.07, 6.45) is 0. The summed E-state index contributed by atoms with van der Waals surface area (Å²) in [5.74, 6) is 1.10. The average molecular weight is 341 g/mol. The number of anilines is 1. The highest BCUT2D eigenvalue weighted by Crippen LogP contribution is 2.24. The molecule has 25 heavy (non-hydrogen) atoms. The van der Waals surface area contributed by atoms with E-state index in [4.69, 9.17) is 4.42 Å². The Balaban J connectivity index is 1.56. The maximum Gasteiger partial charge on any atom is 0.286 e. The molecule has 0 unspecified atom stereocenters. The minimum absolute atomic E-state index is 0.145. The van der Waals surface area contributed by atoms with Gasteiger partial charge in [0, 0.05) is 38.4 Å². The van der Waals surface area contributed by atoms with Gasteiger partial charge >= 0.3 is 0 Å². The number of hydrogen-bond acceptors (Lipinski definition) is 4. The predicted octanol–water partition coefficient (Wildman–Crippen LogP) is 2.97. The summed E-state index contributed by atoms with van der Waals surface area (Å²) in [5.41, 5.74) is 4.05. The molecule has 0 bridgehead atoms. The molecule has 1 aliphatic rings. The molecule has 1 N–H and O–H groups in total. The zero-order valence-corrected chi connectivity index (χ0v) is 15.3. The Morgan fingerprint density at radius 1 is 1.12 bits per heavy atom. The smallest absolute Gasteiger partial charge is 0.286 e. The normalized spacial score (nSPS) is 15.4. The van der Waals surface area contributed by atoms with Gasteiger partial charge in [-0.25, -0.2) is 0 Å². The molecule has 1 saturated heterocycles. The van der Waals surface area contributed by atoms with Gasteiger partial charge in [0.1, 0.15) is 5.76 Å². The van der Waals surface area contributed by atoms with Crippen LogP contribution in [-0.2, 0) is 6.54 Å². The summed E-state index contributed by atoms with van der Waals surface area (Å²) < 4.78 is 5.68. The average Bonchev–Trinajstić information content (AvgIpc) is 3.07. The van der Waals surface area contributed by atoms with Crippen molar-refractivity contribution >= 4 is 11.6 Å². The summed E-state index contributed by atoms with van der Waals surface area (Å²) in [6, 6.07) is 10.2. The van der Waals surface area contributed by atoms with Gasteiger partial charge in [-0.05, 0) is 50.1 Å². The highest BCUT2D eigenvalue weighted by Gasteiger charge is 2.20. The molecule has 2 aromatic rings. The molecule has 0 spiro atoms. The first-order valence-electron chi connectivity index (χ1n) is 8.99. The second kappa shape index (κ2) is 7.74. The molecule has 0 radical (unpaired) electrons. The Hall–Kier alpha value is -2.27. The molecular weight excluding hydrogens is 314 g/mol. The molecule has 0 atom stereocenters. The Bertz CT molecular complexity index is 730. The summed E-state index contributed by atoms with van der Waals surface area (Å²) in [6.45, 7) is 11.6. The number of furan rings is 1. The predicted molar refractivity (Wildman–Crippen MR) is 100 cm³/mol. The Morgan fingerprint density at radius 2 is 1.88 bits per heavy atom. The van der Waals surface area contributed by atoms with E-state index in [9.17, 15) is 4.79 Å². The number of piperazine rings is 1. The van der Waals surface area contributed by atoms with Crippen LogP contribution in [-0.4, -0.2) is 43.5 Å². The number of hydrogen-bond donors (Lipinski definition) is 1. The number of nitrogens with zero attached hydrogens (tertiary/aromatic N) is 2. The van der Waals surface area contributed by atoms with Gasteiger partial charge < -0.3 is 14.6 Å². The maximum atomic E-state index is 11.8. The lowest BCUT2D eigenvalue weighted by molar-refractivity contribution is 0.0924. The first-order valence-corrected chi connectivity index (χ1v) is 8.99. The van der Waals surface area contributed by atoms with Gasteiger partial charge in [-0.3, -0.25) is 9.69 Å². The molecule has 1 fully saturated rings. The van der Waals surface area contributed by atoms with Gasteiger partial charge in [0.25, 0.3) is 5.91 Å². The number of benzene rings is 1. The number of carbonyl (C=O) groups excluding carboxylic acids is 1. The van der Waals surface area contributed by atoms with Crippen molar-refractivity contribution in [3.05, 3.63) is 53.0 Å². The van der Waals surface area contributed by atoms with Crippen molar-refractivity contribution in [2.24, 2.45) is 0 Å². The number of amides is 1. The van der Waals surface area contributed by atoms with Crippen LogP contribution in [0.5, 0.6) is 0 Å².